The molecule has 0 bridgehead atoms. The predicted molar refractivity (Wildman–Crippen MR) is 134 cm³/mol. The second-order valence-electron chi connectivity index (χ2n) is 8.42. The van der Waals surface area contributed by atoms with E-state index in [0.717, 1.165) is 43.6 Å². The van der Waals surface area contributed by atoms with Gasteiger partial charge in [-0.1, -0.05) is 23.7 Å². The molecule has 34 heavy (non-hydrogen) atoms. The van der Waals surface area contributed by atoms with E-state index in [-0.39, 0.29) is 10.6 Å². The molecule has 2 heterocycles. The number of nitrogens with one attached hydrogen (secondary N) is 1. The highest BCUT2D eigenvalue weighted by Crippen LogP contribution is 2.48. The predicted octanol–water partition coefficient (Wildman–Crippen LogP) is 9.24. The molecule has 0 unspecified atom stereocenters. The fourth-order valence-electron chi connectivity index (χ4n) is 4.06. The fraction of sp³-hybridized carbons (Fsp3) is 0.160. The standard InChI is InChI=1S/C25H16Br2ClF3N2O/c1-24(2)22-21(32-23(33-22)20-16(26)4-3-5-17(20)27)14-8-6-12(10-19(14)34-24)15-11-13(25(29,30)31)7-9-18(15)28/h3-11H,1-2H3,(H,32,33). The number of nitrogens with zero attached hydrogens (tertiary/aromatic N) is 1. The average molecular weight is 613 g/mol. The molecule has 0 saturated heterocycles. The van der Waals surface area contributed by atoms with Crippen molar-refractivity contribution in [1.82, 2.24) is 9.97 Å². The van der Waals surface area contributed by atoms with Crippen molar-refractivity contribution in [2.24, 2.45) is 0 Å². The second-order valence-corrected chi connectivity index (χ2v) is 10.5. The highest BCUT2D eigenvalue weighted by atomic mass is 79.9. The van der Waals surface area contributed by atoms with Crippen LogP contribution >= 0.6 is 43.5 Å². The van der Waals surface area contributed by atoms with Crippen LogP contribution in [0.2, 0.25) is 5.02 Å². The van der Waals surface area contributed by atoms with E-state index in [9.17, 15) is 13.2 Å². The summed E-state index contributed by atoms with van der Waals surface area (Å²) in [5, 5.41) is 0.226. The van der Waals surface area contributed by atoms with Gasteiger partial charge in [-0.05, 0) is 93.7 Å². The molecule has 1 N–H and O–H groups in total. The number of imidazole rings is 1. The van der Waals surface area contributed by atoms with Gasteiger partial charge in [0.1, 0.15) is 17.2 Å². The Hall–Kier alpha value is -2.29. The molecule has 0 aliphatic carbocycles. The molecule has 1 aliphatic rings. The highest BCUT2D eigenvalue weighted by Gasteiger charge is 2.37. The molecule has 1 aliphatic heterocycles. The van der Waals surface area contributed by atoms with Gasteiger partial charge < -0.3 is 9.72 Å². The quantitative estimate of drug-likeness (QED) is 0.245. The molecule has 4 aromatic rings. The second kappa shape index (κ2) is 8.14. The van der Waals surface area contributed by atoms with Crippen LogP contribution in [-0.2, 0) is 11.8 Å². The summed E-state index contributed by atoms with van der Waals surface area (Å²) in [5.74, 6) is 1.19. The highest BCUT2D eigenvalue weighted by molar-refractivity contribution is 9.11. The van der Waals surface area contributed by atoms with Crippen molar-refractivity contribution < 1.29 is 17.9 Å². The number of halogens is 6. The molecule has 9 heteroatoms. The van der Waals surface area contributed by atoms with E-state index in [4.69, 9.17) is 21.3 Å². The van der Waals surface area contributed by atoms with Crippen LogP contribution in [0.1, 0.15) is 25.1 Å². The number of aromatic nitrogens is 2. The van der Waals surface area contributed by atoms with Crippen LogP contribution in [0.25, 0.3) is 33.8 Å². The average Bonchev–Trinajstić information content (AvgIpc) is 3.19. The van der Waals surface area contributed by atoms with Crippen LogP contribution < -0.4 is 4.74 Å². The number of rotatable bonds is 2. The summed E-state index contributed by atoms with van der Waals surface area (Å²) in [4.78, 5) is 8.28. The molecular weight excluding hydrogens is 597 g/mol. The maximum atomic E-state index is 13.3. The SMILES string of the molecule is CC1(C)Oc2cc(-c3cc(C(F)(F)F)ccc3Cl)ccc2-c2nc(-c3c(Br)cccc3Br)[nH]c21. The van der Waals surface area contributed by atoms with Crippen LogP contribution in [0, 0.1) is 0 Å². The van der Waals surface area contributed by atoms with Crippen molar-refractivity contribution in [2.75, 3.05) is 0 Å². The lowest BCUT2D eigenvalue weighted by molar-refractivity contribution is -0.137. The van der Waals surface area contributed by atoms with Gasteiger partial charge in [0.05, 0.1) is 17.0 Å². The molecule has 0 fully saturated rings. The molecule has 0 spiro atoms. The van der Waals surface area contributed by atoms with Crippen molar-refractivity contribution in [3.05, 3.63) is 79.8 Å². The minimum atomic E-state index is -4.47. The van der Waals surface area contributed by atoms with Gasteiger partial charge >= 0.3 is 6.18 Å². The molecule has 0 radical (unpaired) electrons. The molecule has 174 valence electrons. The Labute approximate surface area is 215 Å². The lowest BCUT2D eigenvalue weighted by Crippen LogP contribution is -2.29. The van der Waals surface area contributed by atoms with Crippen LogP contribution in [0.15, 0.2) is 63.5 Å². The Morgan fingerprint density at radius 2 is 1.68 bits per heavy atom. The number of benzene rings is 3. The van der Waals surface area contributed by atoms with E-state index in [1.54, 1.807) is 18.2 Å². The zero-order valence-electron chi connectivity index (χ0n) is 17.8. The van der Waals surface area contributed by atoms with Crippen molar-refractivity contribution in [2.45, 2.75) is 25.6 Å². The third kappa shape index (κ3) is 3.95. The zero-order chi connectivity index (χ0) is 24.4. The first-order chi connectivity index (χ1) is 16.0. The summed E-state index contributed by atoms with van der Waals surface area (Å²) in [6.07, 6.45) is -4.47. The number of hydrogen-bond donors (Lipinski definition) is 1. The minimum Gasteiger partial charge on any atom is -0.481 e. The van der Waals surface area contributed by atoms with E-state index in [2.05, 4.69) is 36.8 Å². The molecule has 0 saturated carbocycles. The van der Waals surface area contributed by atoms with Crippen LogP contribution in [0.4, 0.5) is 13.2 Å². The van der Waals surface area contributed by atoms with E-state index in [1.807, 2.05) is 32.0 Å². The number of ether oxygens (including phenoxy) is 1. The van der Waals surface area contributed by atoms with Crippen molar-refractivity contribution in [3.63, 3.8) is 0 Å². The van der Waals surface area contributed by atoms with Crippen molar-refractivity contribution >= 4 is 43.5 Å². The zero-order valence-corrected chi connectivity index (χ0v) is 21.7. The van der Waals surface area contributed by atoms with E-state index in [1.165, 1.54) is 6.07 Å². The largest absolute Gasteiger partial charge is 0.481 e. The molecular formula is C25H16Br2ClF3N2O. The van der Waals surface area contributed by atoms with Gasteiger partial charge in [-0.3, -0.25) is 0 Å². The summed E-state index contributed by atoms with van der Waals surface area (Å²) in [6.45, 7) is 3.82. The van der Waals surface area contributed by atoms with Crippen molar-refractivity contribution in [3.8, 4) is 39.5 Å². The third-order valence-corrected chi connectivity index (χ3v) is 7.36. The topological polar surface area (TPSA) is 37.9 Å². The van der Waals surface area contributed by atoms with Gasteiger partial charge in [0.25, 0.3) is 0 Å². The summed E-state index contributed by atoms with van der Waals surface area (Å²) >= 11 is 13.4. The summed E-state index contributed by atoms with van der Waals surface area (Å²) in [5.41, 5.74) is 2.45. The number of aromatic amines is 1. The molecule has 3 nitrogen and oxygen atoms in total. The number of hydrogen-bond acceptors (Lipinski definition) is 2. The van der Waals surface area contributed by atoms with Crippen LogP contribution in [0.3, 0.4) is 0 Å². The lowest BCUT2D eigenvalue weighted by atomic mass is 9.93. The molecule has 3 aromatic carbocycles. The Balaban J connectivity index is 1.65. The number of H-pyrrole nitrogens is 1. The normalized spacial score (nSPS) is 14.4. The molecule has 5 rings (SSSR count). The maximum absolute atomic E-state index is 13.3. The van der Waals surface area contributed by atoms with Gasteiger partial charge in [0.2, 0.25) is 0 Å². The summed E-state index contributed by atoms with van der Waals surface area (Å²) < 4.78 is 47.9. The van der Waals surface area contributed by atoms with Gasteiger partial charge in [0.15, 0.2) is 0 Å². The lowest BCUT2D eigenvalue weighted by Gasteiger charge is -2.32. The third-order valence-electron chi connectivity index (χ3n) is 5.71. The first-order valence-electron chi connectivity index (χ1n) is 10.2. The Morgan fingerprint density at radius 1 is 0.971 bits per heavy atom. The van der Waals surface area contributed by atoms with Gasteiger partial charge in [-0.15, -0.1) is 0 Å². The Bertz CT molecular complexity index is 1430. The van der Waals surface area contributed by atoms with Gasteiger partial charge in [-0.2, -0.15) is 13.2 Å². The molecule has 0 atom stereocenters. The van der Waals surface area contributed by atoms with Crippen LogP contribution in [-0.4, -0.2) is 9.97 Å². The van der Waals surface area contributed by atoms with Gasteiger partial charge in [0, 0.05) is 30.7 Å². The van der Waals surface area contributed by atoms with Crippen molar-refractivity contribution in [1.29, 1.82) is 0 Å². The number of fused-ring (bicyclic) bond motifs is 3. The smallest absolute Gasteiger partial charge is 0.416 e. The monoisotopic (exact) mass is 610 g/mol. The summed E-state index contributed by atoms with van der Waals surface area (Å²) in [7, 11) is 0. The van der Waals surface area contributed by atoms with Gasteiger partial charge in [-0.25, -0.2) is 4.98 Å². The Kier molecular flexibility index (Phi) is 5.61. The molecule has 0 amide bonds. The molecule has 1 aromatic heterocycles. The van der Waals surface area contributed by atoms with E-state index < -0.39 is 17.3 Å². The summed E-state index contributed by atoms with van der Waals surface area (Å²) in [6, 6.07) is 14.3. The fourth-order valence-corrected chi connectivity index (χ4v) is 5.67. The van der Waals surface area contributed by atoms with E-state index in [0.29, 0.717) is 17.1 Å². The van der Waals surface area contributed by atoms with Crippen LogP contribution in [0.5, 0.6) is 5.75 Å². The first-order valence-corrected chi connectivity index (χ1v) is 12.2. The maximum Gasteiger partial charge on any atom is 0.416 e. The number of alkyl halides is 3. The minimum absolute atomic E-state index is 0.226. The first kappa shape index (κ1) is 23.5. The Morgan fingerprint density at radius 3 is 2.35 bits per heavy atom. The van der Waals surface area contributed by atoms with E-state index >= 15 is 0 Å².